The van der Waals surface area contributed by atoms with Crippen molar-refractivity contribution in [2.75, 3.05) is 13.2 Å². The zero-order chi connectivity index (χ0) is 14.5. The summed E-state index contributed by atoms with van der Waals surface area (Å²) in [6.45, 7) is 1.21. The largest absolute Gasteiger partial charge is 0.486 e. The van der Waals surface area contributed by atoms with Gasteiger partial charge >= 0.3 is 0 Å². The van der Waals surface area contributed by atoms with Crippen molar-refractivity contribution >= 4 is 0 Å². The van der Waals surface area contributed by atoms with Gasteiger partial charge in [-0.3, -0.25) is 0 Å². The number of hydrogen-bond acceptors (Lipinski definition) is 3. The third kappa shape index (κ3) is 3.37. The van der Waals surface area contributed by atoms with Crippen LogP contribution in [0.15, 0.2) is 48.5 Å². The average molecular weight is 283 g/mol. The molecule has 1 unspecified atom stereocenters. The van der Waals surface area contributed by atoms with E-state index in [1.54, 1.807) is 0 Å². The van der Waals surface area contributed by atoms with Crippen LogP contribution < -0.4 is 15.2 Å². The van der Waals surface area contributed by atoms with Crippen LogP contribution in [0.4, 0.5) is 0 Å². The molecule has 2 aromatic carbocycles. The van der Waals surface area contributed by atoms with Crippen molar-refractivity contribution in [2.24, 2.45) is 5.73 Å². The Labute approximate surface area is 125 Å². The zero-order valence-corrected chi connectivity index (χ0v) is 12.1. The summed E-state index contributed by atoms with van der Waals surface area (Å²) in [5.41, 5.74) is 8.76. The van der Waals surface area contributed by atoms with E-state index in [0.717, 1.165) is 36.3 Å². The number of hydrogen-bond donors (Lipinski definition) is 1. The van der Waals surface area contributed by atoms with E-state index in [1.807, 2.05) is 24.3 Å². The second kappa shape index (κ2) is 6.64. The monoisotopic (exact) mass is 283 g/mol. The summed E-state index contributed by atoms with van der Waals surface area (Å²) in [4.78, 5) is 0. The summed E-state index contributed by atoms with van der Waals surface area (Å²) in [7, 11) is 0. The van der Waals surface area contributed by atoms with Crippen LogP contribution in [-0.2, 0) is 6.42 Å². The molecular formula is C18H21NO2. The Morgan fingerprint density at radius 1 is 0.952 bits per heavy atom. The lowest BCUT2D eigenvalue weighted by atomic mass is 9.98. The van der Waals surface area contributed by atoms with E-state index in [-0.39, 0.29) is 6.04 Å². The molecule has 0 radical (unpaired) electrons. The molecule has 0 amide bonds. The average Bonchev–Trinajstić information content (AvgIpc) is 2.55. The van der Waals surface area contributed by atoms with Crippen LogP contribution in [-0.4, -0.2) is 13.2 Å². The molecule has 3 heteroatoms. The van der Waals surface area contributed by atoms with E-state index >= 15 is 0 Å². The molecule has 21 heavy (non-hydrogen) atoms. The minimum Gasteiger partial charge on any atom is -0.486 e. The van der Waals surface area contributed by atoms with Crippen LogP contribution in [0.2, 0.25) is 0 Å². The number of fused-ring (bicyclic) bond motifs is 1. The lowest BCUT2D eigenvalue weighted by molar-refractivity contribution is 0.169. The standard InChI is InChI=1S/C18H21NO2/c19-16(10-4-8-14-6-2-1-3-7-14)15-9-5-11-17-18(15)21-13-12-20-17/h1-3,5-7,9,11,16H,4,8,10,12-13,19H2. The molecule has 0 saturated heterocycles. The minimum atomic E-state index is -0.00892. The first-order valence-electron chi connectivity index (χ1n) is 7.52. The molecule has 1 aliphatic heterocycles. The number of nitrogens with two attached hydrogens (primary N) is 1. The fourth-order valence-electron chi connectivity index (χ4n) is 2.71. The lowest BCUT2D eigenvalue weighted by Gasteiger charge is -2.23. The minimum absolute atomic E-state index is 0.00892. The van der Waals surface area contributed by atoms with E-state index in [4.69, 9.17) is 15.2 Å². The molecule has 0 fully saturated rings. The molecule has 0 spiro atoms. The molecular weight excluding hydrogens is 262 g/mol. The van der Waals surface area contributed by atoms with Gasteiger partial charge in [0.1, 0.15) is 13.2 Å². The van der Waals surface area contributed by atoms with Crippen LogP contribution in [0.1, 0.15) is 30.0 Å². The molecule has 0 bridgehead atoms. The highest BCUT2D eigenvalue weighted by Gasteiger charge is 2.19. The van der Waals surface area contributed by atoms with Crippen LogP contribution in [0.5, 0.6) is 11.5 Å². The molecule has 3 rings (SSSR count). The Morgan fingerprint density at radius 3 is 2.62 bits per heavy atom. The third-order valence-corrected chi connectivity index (χ3v) is 3.82. The van der Waals surface area contributed by atoms with Crippen molar-refractivity contribution in [3.8, 4) is 11.5 Å². The Bertz CT molecular complexity index is 583. The van der Waals surface area contributed by atoms with Gasteiger partial charge in [-0.05, 0) is 30.9 Å². The van der Waals surface area contributed by atoms with Gasteiger partial charge in [-0.1, -0.05) is 42.5 Å². The summed E-state index contributed by atoms with van der Waals surface area (Å²) in [6, 6.07) is 16.5. The van der Waals surface area contributed by atoms with Crippen molar-refractivity contribution in [3.63, 3.8) is 0 Å². The number of rotatable bonds is 5. The van der Waals surface area contributed by atoms with Gasteiger partial charge in [-0.25, -0.2) is 0 Å². The summed E-state index contributed by atoms with van der Waals surface area (Å²) < 4.78 is 11.3. The van der Waals surface area contributed by atoms with Gasteiger partial charge in [0, 0.05) is 11.6 Å². The highest BCUT2D eigenvalue weighted by Crippen LogP contribution is 2.37. The molecule has 3 nitrogen and oxygen atoms in total. The summed E-state index contributed by atoms with van der Waals surface area (Å²) in [5, 5.41) is 0. The van der Waals surface area contributed by atoms with Gasteiger partial charge in [0.25, 0.3) is 0 Å². The summed E-state index contributed by atoms with van der Waals surface area (Å²) >= 11 is 0. The second-order valence-electron chi connectivity index (χ2n) is 5.36. The Kier molecular flexibility index (Phi) is 4.41. The van der Waals surface area contributed by atoms with Crippen LogP contribution >= 0.6 is 0 Å². The molecule has 1 atom stereocenters. The van der Waals surface area contributed by atoms with E-state index in [2.05, 4.69) is 24.3 Å². The maximum Gasteiger partial charge on any atom is 0.166 e. The van der Waals surface area contributed by atoms with E-state index in [1.165, 1.54) is 5.56 Å². The zero-order valence-electron chi connectivity index (χ0n) is 12.1. The normalized spacial score (nSPS) is 14.7. The van der Waals surface area contributed by atoms with Gasteiger partial charge in [0.2, 0.25) is 0 Å². The maximum absolute atomic E-state index is 6.35. The smallest absolute Gasteiger partial charge is 0.166 e. The predicted molar refractivity (Wildman–Crippen MR) is 83.7 cm³/mol. The van der Waals surface area contributed by atoms with Crippen molar-refractivity contribution in [1.29, 1.82) is 0 Å². The molecule has 0 aliphatic carbocycles. The van der Waals surface area contributed by atoms with Crippen molar-refractivity contribution in [3.05, 3.63) is 59.7 Å². The molecule has 1 aliphatic rings. The second-order valence-corrected chi connectivity index (χ2v) is 5.36. The Morgan fingerprint density at radius 2 is 1.76 bits per heavy atom. The molecule has 1 heterocycles. The number of ether oxygens (including phenoxy) is 2. The number of para-hydroxylation sites is 1. The SMILES string of the molecule is NC(CCCc1ccccc1)c1cccc2c1OCCO2. The predicted octanol–water partition coefficient (Wildman–Crippen LogP) is 3.48. The highest BCUT2D eigenvalue weighted by atomic mass is 16.6. The van der Waals surface area contributed by atoms with Gasteiger partial charge in [0.05, 0.1) is 0 Å². The highest BCUT2D eigenvalue weighted by molar-refractivity contribution is 5.48. The Hall–Kier alpha value is -2.00. The topological polar surface area (TPSA) is 44.5 Å². The summed E-state index contributed by atoms with van der Waals surface area (Å²) in [6.07, 6.45) is 3.06. The Balaban J connectivity index is 1.62. The van der Waals surface area contributed by atoms with E-state index in [0.29, 0.717) is 13.2 Å². The quantitative estimate of drug-likeness (QED) is 0.913. The molecule has 2 aromatic rings. The fourth-order valence-corrected chi connectivity index (χ4v) is 2.71. The fraction of sp³-hybridized carbons (Fsp3) is 0.333. The van der Waals surface area contributed by atoms with Gasteiger partial charge < -0.3 is 15.2 Å². The third-order valence-electron chi connectivity index (χ3n) is 3.82. The van der Waals surface area contributed by atoms with Crippen LogP contribution in [0, 0.1) is 0 Å². The first-order chi connectivity index (χ1) is 10.3. The summed E-state index contributed by atoms with van der Waals surface area (Å²) in [5.74, 6) is 1.65. The van der Waals surface area contributed by atoms with Gasteiger partial charge in [0.15, 0.2) is 11.5 Å². The van der Waals surface area contributed by atoms with E-state index < -0.39 is 0 Å². The molecule has 0 saturated carbocycles. The van der Waals surface area contributed by atoms with Crippen molar-refractivity contribution in [1.82, 2.24) is 0 Å². The molecule has 2 N–H and O–H groups in total. The number of benzene rings is 2. The lowest BCUT2D eigenvalue weighted by Crippen LogP contribution is -2.19. The van der Waals surface area contributed by atoms with E-state index in [9.17, 15) is 0 Å². The van der Waals surface area contributed by atoms with Crippen molar-refractivity contribution in [2.45, 2.75) is 25.3 Å². The van der Waals surface area contributed by atoms with Gasteiger partial charge in [-0.2, -0.15) is 0 Å². The maximum atomic E-state index is 6.35. The first kappa shape index (κ1) is 14.0. The van der Waals surface area contributed by atoms with Crippen LogP contribution in [0.25, 0.3) is 0 Å². The van der Waals surface area contributed by atoms with Gasteiger partial charge in [-0.15, -0.1) is 0 Å². The first-order valence-corrected chi connectivity index (χ1v) is 7.52. The van der Waals surface area contributed by atoms with Crippen molar-refractivity contribution < 1.29 is 9.47 Å². The molecule has 110 valence electrons. The molecule has 0 aromatic heterocycles. The number of aryl methyl sites for hydroxylation is 1. The van der Waals surface area contributed by atoms with Crippen LogP contribution in [0.3, 0.4) is 0 Å².